The number of benzene rings is 1. The van der Waals surface area contributed by atoms with E-state index in [2.05, 4.69) is 33.5 Å². The van der Waals surface area contributed by atoms with Gasteiger partial charge in [0.05, 0.1) is 18.4 Å². The molecule has 9 nitrogen and oxygen atoms in total. The summed E-state index contributed by atoms with van der Waals surface area (Å²) in [5, 5.41) is 9.48. The second-order valence-electron chi connectivity index (χ2n) is 11.1. The monoisotopic (exact) mass is 570 g/mol. The number of ether oxygens (including phenoxy) is 1. The minimum absolute atomic E-state index is 0.138. The zero-order chi connectivity index (χ0) is 27.7. The van der Waals surface area contributed by atoms with E-state index >= 15 is 0 Å². The van der Waals surface area contributed by atoms with Crippen molar-refractivity contribution in [3.05, 3.63) is 73.9 Å². The molecule has 2 aliphatic heterocycles. The van der Waals surface area contributed by atoms with E-state index in [0.29, 0.717) is 44.0 Å². The Kier molecular flexibility index (Phi) is 8.19. The molecule has 2 unspecified atom stereocenters. The number of hydrogen-bond acceptors (Lipinski definition) is 7. The lowest BCUT2D eigenvalue weighted by atomic mass is 10.0. The highest BCUT2D eigenvalue weighted by Crippen LogP contribution is 2.31. The summed E-state index contributed by atoms with van der Waals surface area (Å²) in [7, 11) is 0. The summed E-state index contributed by atoms with van der Waals surface area (Å²) in [4.78, 5) is 15.2. The molecule has 0 N–H and O–H groups in total. The van der Waals surface area contributed by atoms with Gasteiger partial charge >= 0.3 is 0 Å². The average Bonchev–Trinajstić information content (AvgIpc) is 3.26. The Morgan fingerprint density at radius 2 is 2.08 bits per heavy atom. The second kappa shape index (κ2) is 11.4. The summed E-state index contributed by atoms with van der Waals surface area (Å²) >= 11 is 5.23. The smallest absolute Gasteiger partial charge is 0.290 e. The van der Waals surface area contributed by atoms with Crippen molar-refractivity contribution < 1.29 is 9.29 Å². The van der Waals surface area contributed by atoms with Crippen molar-refractivity contribution in [2.75, 3.05) is 18.1 Å². The van der Waals surface area contributed by atoms with Crippen LogP contribution in [0.2, 0.25) is 5.02 Å². The molecule has 0 aliphatic carbocycles. The number of nitrogens with zero attached hydrogens (tertiary/aromatic N) is 6. The van der Waals surface area contributed by atoms with Gasteiger partial charge in [0, 0.05) is 37.4 Å². The normalized spacial score (nSPS) is 18.9. The standard InChI is InChI=1S/C28H35ClN6O3S/c1-19-9-5-6-10-20(19)17-34-23-12-13-33(18-21(23)22(32-34)15-31-39(37)28(2,3)4)24-16-30-35(27(36)26(24)29)25-11-7-8-14-38-25/h5-6,9-10,15-16,25H,7-8,11-14,17-18H2,1-4H3. The number of fused-ring (bicyclic) bond motifs is 1. The lowest BCUT2D eigenvalue weighted by molar-refractivity contribution is -0.0424. The molecule has 1 aromatic carbocycles. The maximum absolute atomic E-state index is 13.1. The third kappa shape index (κ3) is 5.94. The number of anilines is 1. The van der Waals surface area contributed by atoms with E-state index < -0.39 is 16.1 Å². The van der Waals surface area contributed by atoms with Crippen LogP contribution in [0.3, 0.4) is 0 Å². The van der Waals surface area contributed by atoms with Crippen molar-refractivity contribution in [2.45, 2.75) is 77.4 Å². The molecule has 0 bridgehead atoms. The Hall–Kier alpha value is -2.66. The van der Waals surface area contributed by atoms with Gasteiger partial charge in [0.2, 0.25) is 0 Å². The largest absolute Gasteiger partial charge is 0.591 e. The topological polar surface area (TPSA) is 101 Å². The summed E-state index contributed by atoms with van der Waals surface area (Å²) in [6.07, 6.45) is 6.33. The third-order valence-corrected chi connectivity index (χ3v) is 8.94. The predicted octanol–water partition coefficient (Wildman–Crippen LogP) is 4.59. The van der Waals surface area contributed by atoms with Gasteiger partial charge in [0.1, 0.15) is 33.0 Å². The summed E-state index contributed by atoms with van der Waals surface area (Å²) in [6.45, 7) is 10.2. The van der Waals surface area contributed by atoms with Crippen LogP contribution in [0.4, 0.5) is 5.69 Å². The van der Waals surface area contributed by atoms with Crippen molar-refractivity contribution >= 4 is 34.9 Å². The molecule has 0 amide bonds. The van der Waals surface area contributed by atoms with Crippen molar-refractivity contribution in [3.63, 3.8) is 0 Å². The Labute approximate surface area is 237 Å². The van der Waals surface area contributed by atoms with Gasteiger partial charge in [0.15, 0.2) is 6.23 Å². The van der Waals surface area contributed by atoms with E-state index in [0.717, 1.165) is 30.5 Å². The van der Waals surface area contributed by atoms with Crippen molar-refractivity contribution in [3.8, 4) is 0 Å². The molecule has 0 saturated carbocycles. The van der Waals surface area contributed by atoms with Crippen LogP contribution in [0.5, 0.6) is 0 Å². The van der Waals surface area contributed by atoms with Gasteiger partial charge in [-0.15, -0.1) is 0 Å². The molecule has 4 heterocycles. The number of halogens is 1. The first-order chi connectivity index (χ1) is 18.6. The summed E-state index contributed by atoms with van der Waals surface area (Å²) < 4.78 is 25.7. The number of aromatic nitrogens is 4. The van der Waals surface area contributed by atoms with Crippen LogP contribution < -0.4 is 10.5 Å². The van der Waals surface area contributed by atoms with Gasteiger partial charge < -0.3 is 14.2 Å². The molecule has 1 saturated heterocycles. The van der Waals surface area contributed by atoms with Crippen molar-refractivity contribution in [2.24, 2.45) is 4.40 Å². The fourth-order valence-electron chi connectivity index (χ4n) is 4.94. The van der Waals surface area contributed by atoms with Crippen LogP contribution in [-0.2, 0) is 35.6 Å². The molecule has 2 atom stereocenters. The molecule has 1 fully saturated rings. The van der Waals surface area contributed by atoms with E-state index in [-0.39, 0.29) is 16.8 Å². The van der Waals surface area contributed by atoms with Gasteiger partial charge in [-0.25, -0.2) is 0 Å². The van der Waals surface area contributed by atoms with E-state index in [9.17, 15) is 9.35 Å². The summed E-state index contributed by atoms with van der Waals surface area (Å²) in [5.74, 6) is 0. The van der Waals surface area contributed by atoms with Crippen LogP contribution in [0.25, 0.3) is 0 Å². The zero-order valence-electron chi connectivity index (χ0n) is 22.9. The van der Waals surface area contributed by atoms with E-state index in [4.69, 9.17) is 21.4 Å². The highest BCUT2D eigenvalue weighted by Gasteiger charge is 2.30. The minimum Gasteiger partial charge on any atom is -0.591 e. The predicted molar refractivity (Wildman–Crippen MR) is 155 cm³/mol. The lowest BCUT2D eigenvalue weighted by Crippen LogP contribution is -2.36. The van der Waals surface area contributed by atoms with Crippen molar-refractivity contribution in [1.82, 2.24) is 19.6 Å². The van der Waals surface area contributed by atoms with Crippen molar-refractivity contribution in [1.29, 1.82) is 0 Å². The SMILES string of the molecule is Cc1ccccc1Cn1nc(C=N[S+]([O-])C(C)(C)C)c2c1CCN(c1cnn(C3CCCCO3)c(=O)c1Cl)C2. The first kappa shape index (κ1) is 27.9. The van der Waals surface area contributed by atoms with Crippen LogP contribution in [0, 0.1) is 6.92 Å². The Bertz CT molecular complexity index is 1420. The summed E-state index contributed by atoms with van der Waals surface area (Å²) in [5.41, 5.74) is 5.40. The Balaban J connectivity index is 1.48. The molecule has 3 aromatic rings. The molecule has 0 radical (unpaired) electrons. The van der Waals surface area contributed by atoms with Crippen LogP contribution in [0.1, 0.15) is 74.3 Å². The van der Waals surface area contributed by atoms with Crippen LogP contribution in [-0.4, -0.2) is 48.2 Å². The molecule has 2 aliphatic rings. The van der Waals surface area contributed by atoms with Gasteiger partial charge in [-0.3, -0.25) is 9.48 Å². The molecule has 39 heavy (non-hydrogen) atoms. The third-order valence-electron chi connectivity index (χ3n) is 7.24. The summed E-state index contributed by atoms with van der Waals surface area (Å²) in [6, 6.07) is 8.26. The Morgan fingerprint density at radius 3 is 2.79 bits per heavy atom. The maximum atomic E-state index is 13.1. The molecule has 5 rings (SSSR count). The highest BCUT2D eigenvalue weighted by atomic mass is 35.5. The number of aryl methyl sites for hydroxylation is 1. The lowest BCUT2D eigenvalue weighted by Gasteiger charge is -2.30. The molecule has 11 heteroatoms. The van der Waals surface area contributed by atoms with E-state index in [1.54, 1.807) is 12.4 Å². The van der Waals surface area contributed by atoms with Crippen LogP contribution in [0.15, 0.2) is 39.7 Å². The molecular weight excluding hydrogens is 536 g/mol. The maximum Gasteiger partial charge on any atom is 0.290 e. The number of rotatable bonds is 6. The van der Waals surface area contributed by atoms with Gasteiger partial charge in [0.25, 0.3) is 5.56 Å². The molecule has 2 aromatic heterocycles. The second-order valence-corrected chi connectivity index (χ2v) is 13.4. The van der Waals surface area contributed by atoms with Gasteiger partial charge in [-0.1, -0.05) is 40.3 Å². The fraction of sp³-hybridized carbons (Fsp3) is 0.500. The van der Waals surface area contributed by atoms with E-state index in [1.165, 1.54) is 15.8 Å². The van der Waals surface area contributed by atoms with Gasteiger partial charge in [-0.05, 0) is 58.1 Å². The minimum atomic E-state index is -1.41. The number of hydrogen-bond donors (Lipinski definition) is 0. The molecular formula is C28H35ClN6O3S. The fourth-order valence-corrected chi connectivity index (χ4v) is 5.71. The first-order valence-corrected chi connectivity index (χ1v) is 14.8. The van der Waals surface area contributed by atoms with Crippen LogP contribution >= 0.6 is 11.6 Å². The highest BCUT2D eigenvalue weighted by molar-refractivity contribution is 7.91. The quantitative estimate of drug-likeness (QED) is 0.317. The zero-order valence-corrected chi connectivity index (χ0v) is 24.5. The van der Waals surface area contributed by atoms with Gasteiger partial charge in [-0.2, -0.15) is 14.9 Å². The molecule has 208 valence electrons. The van der Waals surface area contributed by atoms with E-state index in [1.807, 2.05) is 37.6 Å². The average molecular weight is 571 g/mol. The molecule has 0 spiro atoms. The first-order valence-electron chi connectivity index (χ1n) is 13.4. The Morgan fingerprint density at radius 1 is 1.28 bits per heavy atom.